The lowest BCUT2D eigenvalue weighted by molar-refractivity contribution is 0.434. The van der Waals surface area contributed by atoms with Crippen molar-refractivity contribution in [3.05, 3.63) is 0 Å². The molecule has 0 aliphatic carbocycles. The third-order valence-electron chi connectivity index (χ3n) is 1.93. The van der Waals surface area contributed by atoms with E-state index in [-0.39, 0.29) is 0 Å². The third kappa shape index (κ3) is 7.82. The van der Waals surface area contributed by atoms with E-state index in [0.29, 0.717) is 6.04 Å². The summed E-state index contributed by atoms with van der Waals surface area (Å²) in [5, 5.41) is 0. The summed E-state index contributed by atoms with van der Waals surface area (Å²) in [4.78, 5) is 0. The molecule has 11 heavy (non-hydrogen) atoms. The van der Waals surface area contributed by atoms with E-state index >= 15 is 0 Å². The van der Waals surface area contributed by atoms with E-state index in [1.54, 1.807) is 0 Å². The first-order valence-electron chi connectivity index (χ1n) is 4.62. The molecule has 0 saturated carbocycles. The maximum absolute atomic E-state index is 5.67. The SMILES string of the molecule is CC(N)CC(C)CCCCN. The van der Waals surface area contributed by atoms with E-state index in [1.165, 1.54) is 12.8 Å². The van der Waals surface area contributed by atoms with Crippen LogP contribution in [0.4, 0.5) is 0 Å². The monoisotopic (exact) mass is 158 g/mol. The summed E-state index contributed by atoms with van der Waals surface area (Å²) in [7, 11) is 0. The normalized spacial score (nSPS) is 16.4. The first-order valence-corrected chi connectivity index (χ1v) is 4.62. The maximum atomic E-state index is 5.67. The number of hydrogen-bond donors (Lipinski definition) is 2. The lowest BCUT2D eigenvalue weighted by Gasteiger charge is -2.12. The molecular formula is C9H22N2. The predicted molar refractivity (Wildman–Crippen MR) is 50.3 cm³/mol. The summed E-state index contributed by atoms with van der Waals surface area (Å²) in [6.07, 6.45) is 4.83. The minimum absolute atomic E-state index is 0.350. The molecule has 0 rings (SSSR count). The van der Waals surface area contributed by atoms with Crippen LogP contribution in [0.5, 0.6) is 0 Å². The van der Waals surface area contributed by atoms with Gasteiger partial charge in [-0.3, -0.25) is 0 Å². The summed E-state index contributed by atoms with van der Waals surface area (Å²) in [6, 6.07) is 0.350. The van der Waals surface area contributed by atoms with Gasteiger partial charge in [0.15, 0.2) is 0 Å². The van der Waals surface area contributed by atoms with E-state index in [0.717, 1.165) is 25.3 Å². The second-order valence-electron chi connectivity index (χ2n) is 3.60. The first kappa shape index (κ1) is 10.9. The van der Waals surface area contributed by atoms with Crippen LogP contribution in [0.25, 0.3) is 0 Å². The number of unbranched alkanes of at least 4 members (excludes halogenated alkanes) is 1. The van der Waals surface area contributed by atoms with E-state index in [9.17, 15) is 0 Å². The van der Waals surface area contributed by atoms with Crippen LogP contribution in [0.1, 0.15) is 39.5 Å². The number of nitrogens with two attached hydrogens (primary N) is 2. The maximum Gasteiger partial charge on any atom is 0.00130 e. The van der Waals surface area contributed by atoms with E-state index < -0.39 is 0 Å². The Morgan fingerprint density at radius 3 is 2.27 bits per heavy atom. The molecule has 2 heteroatoms. The molecule has 2 atom stereocenters. The fraction of sp³-hybridized carbons (Fsp3) is 1.00. The van der Waals surface area contributed by atoms with Crippen LogP contribution in [0.15, 0.2) is 0 Å². The van der Waals surface area contributed by atoms with E-state index in [4.69, 9.17) is 11.5 Å². The number of hydrogen-bond acceptors (Lipinski definition) is 2. The van der Waals surface area contributed by atoms with Gasteiger partial charge in [0.2, 0.25) is 0 Å². The van der Waals surface area contributed by atoms with Gasteiger partial charge in [0.25, 0.3) is 0 Å². The highest BCUT2D eigenvalue weighted by molar-refractivity contribution is 4.60. The number of rotatable bonds is 6. The highest BCUT2D eigenvalue weighted by atomic mass is 14.6. The van der Waals surface area contributed by atoms with Gasteiger partial charge >= 0.3 is 0 Å². The molecule has 0 aliphatic rings. The van der Waals surface area contributed by atoms with E-state index in [1.807, 2.05) is 0 Å². The van der Waals surface area contributed by atoms with Gasteiger partial charge in [0.05, 0.1) is 0 Å². The minimum Gasteiger partial charge on any atom is -0.330 e. The Morgan fingerprint density at radius 2 is 1.82 bits per heavy atom. The molecule has 0 aromatic rings. The molecule has 4 N–H and O–H groups in total. The van der Waals surface area contributed by atoms with Crippen molar-refractivity contribution >= 4 is 0 Å². The lowest BCUT2D eigenvalue weighted by atomic mass is 9.97. The largest absolute Gasteiger partial charge is 0.330 e. The van der Waals surface area contributed by atoms with Gasteiger partial charge in [-0.25, -0.2) is 0 Å². The van der Waals surface area contributed by atoms with Crippen molar-refractivity contribution in [2.45, 2.75) is 45.6 Å². The Kier molecular flexibility index (Phi) is 6.57. The van der Waals surface area contributed by atoms with Crippen molar-refractivity contribution in [1.82, 2.24) is 0 Å². The molecule has 0 spiro atoms. The predicted octanol–water partition coefficient (Wildman–Crippen LogP) is 1.49. The molecule has 0 aromatic carbocycles. The van der Waals surface area contributed by atoms with Crippen molar-refractivity contribution in [3.63, 3.8) is 0 Å². The first-order chi connectivity index (χ1) is 5.16. The molecule has 0 saturated heterocycles. The summed E-state index contributed by atoms with van der Waals surface area (Å²) in [5.74, 6) is 0.765. The average molecular weight is 158 g/mol. The van der Waals surface area contributed by atoms with Crippen LogP contribution in [0.3, 0.4) is 0 Å². The molecule has 0 aliphatic heterocycles. The highest BCUT2D eigenvalue weighted by Gasteiger charge is 2.03. The van der Waals surface area contributed by atoms with Crippen molar-refractivity contribution in [2.75, 3.05) is 6.54 Å². The highest BCUT2D eigenvalue weighted by Crippen LogP contribution is 2.12. The van der Waals surface area contributed by atoms with Gasteiger partial charge in [0.1, 0.15) is 0 Å². The standard InChI is InChI=1S/C9H22N2/c1-8(7-9(2)11)5-3-4-6-10/h8-9H,3-7,10-11H2,1-2H3. The molecule has 0 aromatic heterocycles. The van der Waals surface area contributed by atoms with Crippen molar-refractivity contribution in [3.8, 4) is 0 Å². The summed E-state index contributed by atoms with van der Waals surface area (Å²) in [6.45, 7) is 5.16. The van der Waals surface area contributed by atoms with Crippen LogP contribution in [-0.4, -0.2) is 12.6 Å². The van der Waals surface area contributed by atoms with Crippen LogP contribution in [0.2, 0.25) is 0 Å². The van der Waals surface area contributed by atoms with Gasteiger partial charge < -0.3 is 11.5 Å². The lowest BCUT2D eigenvalue weighted by Crippen LogP contribution is -2.18. The molecular weight excluding hydrogens is 136 g/mol. The Balaban J connectivity index is 3.15. The Hall–Kier alpha value is -0.0800. The van der Waals surface area contributed by atoms with Gasteiger partial charge in [0, 0.05) is 6.04 Å². The summed E-state index contributed by atoms with van der Waals surface area (Å²) >= 11 is 0. The molecule has 68 valence electrons. The second-order valence-corrected chi connectivity index (χ2v) is 3.60. The third-order valence-corrected chi connectivity index (χ3v) is 1.93. The van der Waals surface area contributed by atoms with Crippen LogP contribution in [-0.2, 0) is 0 Å². The fourth-order valence-electron chi connectivity index (χ4n) is 1.39. The van der Waals surface area contributed by atoms with Crippen molar-refractivity contribution < 1.29 is 0 Å². The fourth-order valence-corrected chi connectivity index (χ4v) is 1.39. The zero-order chi connectivity index (χ0) is 8.69. The molecule has 2 nitrogen and oxygen atoms in total. The van der Waals surface area contributed by atoms with Gasteiger partial charge in [-0.2, -0.15) is 0 Å². The molecule has 2 unspecified atom stereocenters. The van der Waals surface area contributed by atoms with E-state index in [2.05, 4.69) is 13.8 Å². The van der Waals surface area contributed by atoms with Gasteiger partial charge in [-0.05, 0) is 32.2 Å². The van der Waals surface area contributed by atoms with Crippen LogP contribution < -0.4 is 11.5 Å². The van der Waals surface area contributed by atoms with Crippen molar-refractivity contribution in [2.24, 2.45) is 17.4 Å². The smallest absolute Gasteiger partial charge is 0.00130 e. The summed E-state index contributed by atoms with van der Waals surface area (Å²) < 4.78 is 0. The zero-order valence-corrected chi connectivity index (χ0v) is 7.84. The van der Waals surface area contributed by atoms with Crippen LogP contribution in [0, 0.1) is 5.92 Å². The molecule has 0 radical (unpaired) electrons. The summed E-state index contributed by atoms with van der Waals surface area (Å²) in [5.41, 5.74) is 11.1. The molecule has 0 fully saturated rings. The minimum atomic E-state index is 0.350. The van der Waals surface area contributed by atoms with Gasteiger partial charge in [-0.1, -0.05) is 19.8 Å². The van der Waals surface area contributed by atoms with Gasteiger partial charge in [-0.15, -0.1) is 0 Å². The van der Waals surface area contributed by atoms with Crippen molar-refractivity contribution in [1.29, 1.82) is 0 Å². The topological polar surface area (TPSA) is 52.0 Å². The Bertz CT molecular complexity index is 81.6. The Labute approximate surface area is 70.3 Å². The Morgan fingerprint density at radius 1 is 1.18 bits per heavy atom. The second kappa shape index (κ2) is 6.62. The quantitative estimate of drug-likeness (QED) is 0.575. The zero-order valence-electron chi connectivity index (χ0n) is 7.84. The average Bonchev–Trinajstić information content (AvgIpc) is 1.86. The van der Waals surface area contributed by atoms with Crippen LogP contribution >= 0.6 is 0 Å². The molecule has 0 bridgehead atoms. The molecule has 0 amide bonds. The molecule has 0 heterocycles.